The van der Waals surface area contributed by atoms with Crippen molar-refractivity contribution in [3.05, 3.63) is 59.2 Å². The highest BCUT2D eigenvalue weighted by molar-refractivity contribution is 6.00. The number of nitrogens with zero attached hydrogens (tertiary/aromatic N) is 1. The molecule has 0 fully saturated rings. The summed E-state index contributed by atoms with van der Waals surface area (Å²) in [5, 5.41) is 14.5. The standard InChI is InChI=1S/C19H19N3O4/c1-22-9-8-17(23)21-15-10-14(6-7-16(15)22)18(24)20-11-12-2-4-13(5-3-12)19(25)26/h2-7,10H,8-9,11H2,1H3,(H,20,24)(H,21,23)(H,25,26). The molecule has 2 aromatic rings. The van der Waals surface area contributed by atoms with Crippen LogP contribution in [0.15, 0.2) is 42.5 Å². The van der Waals surface area contributed by atoms with Crippen LogP contribution in [0.4, 0.5) is 11.4 Å². The van der Waals surface area contributed by atoms with Crippen molar-refractivity contribution in [2.75, 3.05) is 23.8 Å². The number of benzene rings is 2. The minimum Gasteiger partial charge on any atom is -0.478 e. The topological polar surface area (TPSA) is 98.7 Å². The first-order valence-corrected chi connectivity index (χ1v) is 8.19. The average Bonchev–Trinajstić information content (AvgIpc) is 2.78. The van der Waals surface area contributed by atoms with Crippen LogP contribution in [0.2, 0.25) is 0 Å². The third-order valence-electron chi connectivity index (χ3n) is 4.27. The third kappa shape index (κ3) is 3.83. The summed E-state index contributed by atoms with van der Waals surface area (Å²) in [6.45, 7) is 0.902. The highest BCUT2D eigenvalue weighted by Gasteiger charge is 2.18. The molecule has 26 heavy (non-hydrogen) atoms. The molecule has 0 saturated heterocycles. The molecule has 134 valence electrons. The number of carbonyl (C=O) groups excluding carboxylic acids is 2. The van der Waals surface area contributed by atoms with Crippen molar-refractivity contribution < 1.29 is 19.5 Å². The minimum absolute atomic E-state index is 0.0771. The maximum absolute atomic E-state index is 12.4. The fourth-order valence-electron chi connectivity index (χ4n) is 2.76. The Kier molecular flexibility index (Phi) is 4.88. The van der Waals surface area contributed by atoms with E-state index in [1.54, 1.807) is 24.3 Å². The van der Waals surface area contributed by atoms with Gasteiger partial charge in [-0.1, -0.05) is 12.1 Å². The van der Waals surface area contributed by atoms with E-state index in [4.69, 9.17) is 5.11 Å². The molecular weight excluding hydrogens is 334 g/mol. The van der Waals surface area contributed by atoms with Gasteiger partial charge in [0.15, 0.2) is 0 Å². The van der Waals surface area contributed by atoms with Crippen molar-refractivity contribution in [1.82, 2.24) is 5.32 Å². The molecule has 2 amide bonds. The van der Waals surface area contributed by atoms with Crippen molar-refractivity contribution in [1.29, 1.82) is 0 Å². The Bertz CT molecular complexity index is 862. The van der Waals surface area contributed by atoms with Gasteiger partial charge in [-0.05, 0) is 35.9 Å². The zero-order chi connectivity index (χ0) is 18.7. The minimum atomic E-state index is -0.988. The van der Waals surface area contributed by atoms with Gasteiger partial charge in [-0.3, -0.25) is 9.59 Å². The van der Waals surface area contributed by atoms with Crippen molar-refractivity contribution in [3.63, 3.8) is 0 Å². The lowest BCUT2D eigenvalue weighted by Crippen LogP contribution is -2.23. The second kappa shape index (κ2) is 7.26. The summed E-state index contributed by atoms with van der Waals surface area (Å²) in [7, 11) is 1.90. The molecule has 0 aliphatic carbocycles. The number of carboxylic acids is 1. The van der Waals surface area contributed by atoms with Gasteiger partial charge < -0.3 is 20.6 Å². The third-order valence-corrected chi connectivity index (χ3v) is 4.27. The number of aromatic carboxylic acids is 1. The second-order valence-corrected chi connectivity index (χ2v) is 6.14. The Hall–Kier alpha value is -3.35. The Morgan fingerprint density at radius 3 is 2.54 bits per heavy atom. The van der Waals surface area contributed by atoms with Crippen molar-refractivity contribution in [2.45, 2.75) is 13.0 Å². The molecule has 1 aliphatic rings. The summed E-state index contributed by atoms with van der Waals surface area (Å²) >= 11 is 0. The normalized spacial score (nSPS) is 13.4. The van der Waals surface area contributed by atoms with Gasteiger partial charge in [-0.15, -0.1) is 0 Å². The highest BCUT2D eigenvalue weighted by Crippen LogP contribution is 2.28. The van der Waals surface area contributed by atoms with E-state index in [0.717, 1.165) is 11.3 Å². The fourth-order valence-corrected chi connectivity index (χ4v) is 2.76. The zero-order valence-electron chi connectivity index (χ0n) is 14.3. The summed E-state index contributed by atoms with van der Waals surface area (Å²) in [5.41, 5.74) is 2.93. The smallest absolute Gasteiger partial charge is 0.335 e. The number of rotatable bonds is 4. The predicted molar refractivity (Wildman–Crippen MR) is 97.5 cm³/mol. The van der Waals surface area contributed by atoms with Crippen LogP contribution in [0, 0.1) is 0 Å². The van der Waals surface area contributed by atoms with Crippen LogP contribution in [-0.2, 0) is 11.3 Å². The maximum Gasteiger partial charge on any atom is 0.335 e. The Morgan fingerprint density at radius 1 is 1.15 bits per heavy atom. The molecule has 0 aromatic heterocycles. The fraction of sp³-hybridized carbons (Fsp3) is 0.211. The van der Waals surface area contributed by atoms with Gasteiger partial charge in [0, 0.05) is 32.1 Å². The van der Waals surface area contributed by atoms with E-state index in [1.807, 2.05) is 18.0 Å². The van der Waals surface area contributed by atoms with Gasteiger partial charge in [0.05, 0.1) is 16.9 Å². The zero-order valence-corrected chi connectivity index (χ0v) is 14.3. The quantitative estimate of drug-likeness (QED) is 0.782. The number of carboxylic acid groups (broad SMARTS) is 1. The molecule has 7 nitrogen and oxygen atoms in total. The Labute approximate surface area is 150 Å². The molecule has 0 spiro atoms. The van der Waals surface area contributed by atoms with Crippen LogP contribution < -0.4 is 15.5 Å². The maximum atomic E-state index is 12.4. The molecule has 0 atom stereocenters. The molecule has 1 aliphatic heterocycles. The van der Waals surface area contributed by atoms with Crippen molar-refractivity contribution in [2.24, 2.45) is 0 Å². The number of nitrogens with one attached hydrogen (secondary N) is 2. The predicted octanol–water partition coefficient (Wildman–Crippen LogP) is 2.09. The van der Waals surface area contributed by atoms with Crippen LogP contribution in [-0.4, -0.2) is 36.5 Å². The van der Waals surface area contributed by atoms with Crippen molar-refractivity contribution in [3.8, 4) is 0 Å². The molecule has 1 heterocycles. The molecule has 3 N–H and O–H groups in total. The SMILES string of the molecule is CN1CCC(=O)Nc2cc(C(=O)NCc3ccc(C(=O)O)cc3)ccc21. The molecule has 7 heteroatoms. The van der Waals surface area contributed by atoms with Crippen LogP contribution in [0.25, 0.3) is 0 Å². The first kappa shape index (κ1) is 17.5. The number of fused-ring (bicyclic) bond motifs is 1. The first-order valence-electron chi connectivity index (χ1n) is 8.19. The monoisotopic (exact) mass is 353 g/mol. The number of anilines is 2. The molecule has 3 rings (SSSR count). The first-order chi connectivity index (χ1) is 12.4. The van der Waals surface area contributed by atoms with Crippen LogP contribution in [0.5, 0.6) is 0 Å². The molecule has 0 saturated carbocycles. The van der Waals surface area contributed by atoms with E-state index in [-0.39, 0.29) is 23.9 Å². The number of hydrogen-bond donors (Lipinski definition) is 3. The Balaban J connectivity index is 1.70. The van der Waals surface area contributed by atoms with Crippen LogP contribution in [0.1, 0.15) is 32.7 Å². The van der Waals surface area contributed by atoms with Gasteiger partial charge in [0.25, 0.3) is 5.91 Å². The highest BCUT2D eigenvalue weighted by atomic mass is 16.4. The molecule has 0 bridgehead atoms. The van der Waals surface area contributed by atoms with E-state index < -0.39 is 5.97 Å². The summed E-state index contributed by atoms with van der Waals surface area (Å²) in [5.74, 6) is -1.33. The lowest BCUT2D eigenvalue weighted by Gasteiger charge is -2.18. The van der Waals surface area contributed by atoms with Crippen molar-refractivity contribution >= 4 is 29.2 Å². The summed E-state index contributed by atoms with van der Waals surface area (Å²) < 4.78 is 0. The average molecular weight is 353 g/mol. The Morgan fingerprint density at radius 2 is 1.85 bits per heavy atom. The molecule has 2 aromatic carbocycles. The van der Waals surface area contributed by atoms with Gasteiger partial charge in [-0.25, -0.2) is 4.79 Å². The number of carbonyl (C=O) groups is 3. The van der Waals surface area contributed by atoms with Gasteiger partial charge in [0.1, 0.15) is 0 Å². The van der Waals surface area contributed by atoms with Gasteiger partial charge >= 0.3 is 5.97 Å². The summed E-state index contributed by atoms with van der Waals surface area (Å²) in [6.07, 6.45) is 0.402. The lowest BCUT2D eigenvalue weighted by atomic mass is 10.1. The van der Waals surface area contributed by atoms with E-state index in [0.29, 0.717) is 24.2 Å². The number of hydrogen-bond acceptors (Lipinski definition) is 4. The van der Waals surface area contributed by atoms with E-state index in [1.165, 1.54) is 12.1 Å². The van der Waals surface area contributed by atoms with Crippen LogP contribution >= 0.6 is 0 Å². The largest absolute Gasteiger partial charge is 0.478 e. The lowest BCUT2D eigenvalue weighted by molar-refractivity contribution is -0.115. The van der Waals surface area contributed by atoms with Gasteiger partial charge in [-0.2, -0.15) is 0 Å². The van der Waals surface area contributed by atoms with E-state index in [9.17, 15) is 14.4 Å². The summed E-state index contributed by atoms with van der Waals surface area (Å²) in [4.78, 5) is 37.0. The summed E-state index contributed by atoms with van der Waals surface area (Å²) in [6, 6.07) is 11.5. The molecular formula is C19H19N3O4. The van der Waals surface area contributed by atoms with E-state index in [2.05, 4.69) is 10.6 Å². The van der Waals surface area contributed by atoms with E-state index >= 15 is 0 Å². The van der Waals surface area contributed by atoms with Gasteiger partial charge in [0.2, 0.25) is 5.91 Å². The molecule has 0 radical (unpaired) electrons. The second-order valence-electron chi connectivity index (χ2n) is 6.14. The number of amides is 2. The van der Waals surface area contributed by atoms with Crippen LogP contribution in [0.3, 0.4) is 0 Å². The molecule has 0 unspecified atom stereocenters.